The molecule has 1 unspecified atom stereocenters. The summed E-state index contributed by atoms with van der Waals surface area (Å²) in [5.41, 5.74) is 0. The second-order valence-electron chi connectivity index (χ2n) is 6.08. The highest BCUT2D eigenvalue weighted by Crippen LogP contribution is 2.09. The minimum Gasteiger partial charge on any atom is -0.355 e. The molecular formula is C16H30IN5S. The summed E-state index contributed by atoms with van der Waals surface area (Å²) in [6.07, 6.45) is 1.07. The van der Waals surface area contributed by atoms with Gasteiger partial charge >= 0.3 is 0 Å². The minimum atomic E-state index is 0. The molecule has 23 heavy (non-hydrogen) atoms. The maximum absolute atomic E-state index is 4.42. The summed E-state index contributed by atoms with van der Waals surface area (Å²) in [4.78, 5) is 12.9. The Labute approximate surface area is 161 Å². The Morgan fingerprint density at radius 3 is 2.87 bits per heavy atom. The van der Waals surface area contributed by atoms with Crippen LogP contribution in [0.2, 0.25) is 0 Å². The second-order valence-corrected chi connectivity index (χ2v) is 7.11. The van der Waals surface area contributed by atoms with E-state index in [4.69, 9.17) is 0 Å². The maximum atomic E-state index is 4.42. The van der Waals surface area contributed by atoms with Crippen LogP contribution >= 0.6 is 35.3 Å². The molecule has 0 amide bonds. The molecule has 1 aliphatic rings. The van der Waals surface area contributed by atoms with E-state index in [-0.39, 0.29) is 24.0 Å². The van der Waals surface area contributed by atoms with E-state index < -0.39 is 0 Å². The summed E-state index contributed by atoms with van der Waals surface area (Å²) in [7, 11) is 8.38. The Morgan fingerprint density at radius 1 is 1.43 bits per heavy atom. The third-order valence-electron chi connectivity index (χ3n) is 4.32. The molecule has 132 valence electrons. The van der Waals surface area contributed by atoms with Crippen molar-refractivity contribution < 1.29 is 0 Å². The first kappa shape index (κ1) is 20.7. The van der Waals surface area contributed by atoms with Crippen molar-refractivity contribution in [3.63, 3.8) is 0 Å². The zero-order valence-corrected chi connectivity index (χ0v) is 17.8. The number of halogens is 1. The van der Waals surface area contributed by atoms with Crippen LogP contribution < -0.4 is 5.32 Å². The first-order valence-electron chi connectivity index (χ1n) is 7.93. The third kappa shape index (κ3) is 6.56. The summed E-state index contributed by atoms with van der Waals surface area (Å²) in [6, 6.07) is 4.85. The lowest BCUT2D eigenvalue weighted by molar-refractivity contribution is 0.116. The normalized spacial score (nSPS) is 20.2. The molecule has 0 spiro atoms. The lowest BCUT2D eigenvalue weighted by Gasteiger charge is -2.38. The van der Waals surface area contributed by atoms with Gasteiger partial charge in [-0.1, -0.05) is 6.07 Å². The van der Waals surface area contributed by atoms with Gasteiger partial charge in [0.1, 0.15) is 0 Å². The summed E-state index contributed by atoms with van der Waals surface area (Å²) in [5.74, 6) is 0.984. The van der Waals surface area contributed by atoms with Crippen LogP contribution in [0.5, 0.6) is 0 Å². The van der Waals surface area contributed by atoms with Gasteiger partial charge in [-0.05, 0) is 32.0 Å². The van der Waals surface area contributed by atoms with E-state index in [0.29, 0.717) is 6.04 Å². The number of rotatable bonds is 5. The van der Waals surface area contributed by atoms with Gasteiger partial charge in [-0.2, -0.15) is 0 Å². The molecule has 5 nitrogen and oxygen atoms in total. The molecule has 1 aliphatic heterocycles. The third-order valence-corrected chi connectivity index (χ3v) is 5.26. The van der Waals surface area contributed by atoms with Crippen molar-refractivity contribution in [3.05, 3.63) is 22.4 Å². The van der Waals surface area contributed by atoms with Crippen molar-refractivity contribution in [1.82, 2.24) is 20.0 Å². The van der Waals surface area contributed by atoms with E-state index in [1.54, 1.807) is 0 Å². The Kier molecular flexibility index (Phi) is 9.41. The standard InChI is InChI=1S/C16H29N5S.HI/c1-17-16(21(4)8-7-15-6-5-11-22-15)18-12-14-13-19(2)9-10-20(14)3;/h5-6,11,14H,7-10,12-13H2,1-4H3,(H,17,18);1H. The topological polar surface area (TPSA) is 34.1 Å². The summed E-state index contributed by atoms with van der Waals surface area (Å²) in [5, 5.41) is 5.67. The molecule has 1 aromatic heterocycles. The molecule has 2 rings (SSSR count). The number of hydrogen-bond donors (Lipinski definition) is 1. The Balaban J connectivity index is 0.00000264. The Hall–Kier alpha value is -0.380. The molecule has 0 aliphatic carbocycles. The summed E-state index contributed by atoms with van der Waals surface area (Å²) < 4.78 is 0. The van der Waals surface area contributed by atoms with Gasteiger partial charge < -0.3 is 15.1 Å². The molecule has 0 bridgehead atoms. The molecular weight excluding hydrogens is 421 g/mol. The SMILES string of the molecule is CN=C(NCC1CN(C)CCN1C)N(C)CCc1cccs1.I. The number of likely N-dealkylation sites (N-methyl/N-ethyl adjacent to an activating group) is 3. The first-order chi connectivity index (χ1) is 10.6. The zero-order valence-electron chi connectivity index (χ0n) is 14.7. The predicted molar refractivity (Wildman–Crippen MR) is 111 cm³/mol. The number of thiophene rings is 1. The van der Waals surface area contributed by atoms with Crippen LogP contribution in [0.4, 0.5) is 0 Å². The van der Waals surface area contributed by atoms with E-state index in [1.165, 1.54) is 4.88 Å². The number of hydrogen-bond acceptors (Lipinski definition) is 4. The van der Waals surface area contributed by atoms with Gasteiger partial charge in [0.25, 0.3) is 0 Å². The van der Waals surface area contributed by atoms with Crippen LogP contribution in [0, 0.1) is 0 Å². The molecule has 1 N–H and O–H groups in total. The molecule has 1 saturated heterocycles. The predicted octanol–water partition coefficient (Wildman–Crippen LogP) is 1.66. The van der Waals surface area contributed by atoms with Crippen molar-refractivity contribution in [1.29, 1.82) is 0 Å². The lowest BCUT2D eigenvalue weighted by atomic mass is 10.2. The van der Waals surface area contributed by atoms with Crippen molar-refractivity contribution >= 4 is 41.3 Å². The van der Waals surface area contributed by atoms with Gasteiger partial charge in [0.05, 0.1) is 0 Å². The average molecular weight is 451 g/mol. The van der Waals surface area contributed by atoms with Gasteiger partial charge in [0, 0.05) is 57.7 Å². The second kappa shape index (κ2) is 10.5. The molecule has 7 heteroatoms. The molecule has 1 fully saturated rings. The lowest BCUT2D eigenvalue weighted by Crippen LogP contribution is -2.55. The van der Waals surface area contributed by atoms with Gasteiger partial charge in [0.2, 0.25) is 0 Å². The fraction of sp³-hybridized carbons (Fsp3) is 0.688. The van der Waals surface area contributed by atoms with Gasteiger partial charge in [-0.15, -0.1) is 35.3 Å². The van der Waals surface area contributed by atoms with E-state index in [9.17, 15) is 0 Å². The summed E-state index contributed by atoms with van der Waals surface area (Å²) in [6.45, 7) is 5.33. The number of nitrogens with zero attached hydrogens (tertiary/aromatic N) is 4. The van der Waals surface area contributed by atoms with Crippen LogP contribution in [0.15, 0.2) is 22.5 Å². The maximum Gasteiger partial charge on any atom is 0.193 e. The van der Waals surface area contributed by atoms with Crippen molar-refractivity contribution in [2.45, 2.75) is 12.5 Å². The van der Waals surface area contributed by atoms with E-state index in [1.807, 2.05) is 18.4 Å². The van der Waals surface area contributed by atoms with E-state index in [0.717, 1.165) is 45.1 Å². The number of nitrogens with one attached hydrogen (secondary N) is 1. The minimum absolute atomic E-state index is 0. The molecule has 2 heterocycles. The van der Waals surface area contributed by atoms with E-state index in [2.05, 4.69) is 63.7 Å². The number of piperazine rings is 1. The molecule has 0 radical (unpaired) electrons. The van der Waals surface area contributed by atoms with Gasteiger partial charge in [-0.25, -0.2) is 0 Å². The smallest absolute Gasteiger partial charge is 0.193 e. The van der Waals surface area contributed by atoms with Crippen molar-refractivity contribution in [2.24, 2.45) is 4.99 Å². The van der Waals surface area contributed by atoms with Crippen molar-refractivity contribution in [3.8, 4) is 0 Å². The first-order valence-corrected chi connectivity index (χ1v) is 8.81. The van der Waals surface area contributed by atoms with Crippen molar-refractivity contribution in [2.75, 3.05) is 60.9 Å². The highest BCUT2D eigenvalue weighted by atomic mass is 127. The van der Waals surface area contributed by atoms with Gasteiger partial charge in [-0.3, -0.25) is 9.89 Å². The average Bonchev–Trinajstić information content (AvgIpc) is 3.02. The Bertz CT molecular complexity index is 465. The van der Waals surface area contributed by atoms with Gasteiger partial charge in [0.15, 0.2) is 5.96 Å². The molecule has 0 saturated carbocycles. The van der Waals surface area contributed by atoms with Crippen LogP contribution in [-0.4, -0.2) is 87.6 Å². The largest absolute Gasteiger partial charge is 0.355 e. The zero-order chi connectivity index (χ0) is 15.9. The summed E-state index contributed by atoms with van der Waals surface area (Å²) >= 11 is 1.82. The molecule has 0 aromatic carbocycles. The highest BCUT2D eigenvalue weighted by molar-refractivity contribution is 14.0. The van der Waals surface area contributed by atoms with E-state index >= 15 is 0 Å². The number of guanidine groups is 1. The quantitative estimate of drug-likeness (QED) is 0.420. The van der Waals surface area contributed by atoms with Crippen LogP contribution in [0.25, 0.3) is 0 Å². The molecule has 1 aromatic rings. The van der Waals surface area contributed by atoms with Crippen LogP contribution in [0.1, 0.15) is 4.88 Å². The van der Waals surface area contributed by atoms with Crippen LogP contribution in [0.3, 0.4) is 0 Å². The fourth-order valence-corrected chi connectivity index (χ4v) is 3.45. The fourth-order valence-electron chi connectivity index (χ4n) is 2.75. The molecule has 1 atom stereocenters. The highest BCUT2D eigenvalue weighted by Gasteiger charge is 2.22. The Morgan fingerprint density at radius 2 is 2.22 bits per heavy atom. The number of aliphatic imine (C=N–C) groups is 1. The van der Waals surface area contributed by atoms with Crippen LogP contribution in [-0.2, 0) is 6.42 Å². The monoisotopic (exact) mass is 451 g/mol.